The zero-order valence-electron chi connectivity index (χ0n) is 15.1. The normalized spacial score (nSPS) is 11.3. The molecule has 142 valence electrons. The van der Waals surface area contributed by atoms with E-state index in [0.717, 1.165) is 10.8 Å². The van der Waals surface area contributed by atoms with E-state index in [4.69, 9.17) is 0 Å². The van der Waals surface area contributed by atoms with E-state index in [0.29, 0.717) is 11.4 Å². The minimum atomic E-state index is -0.582. The van der Waals surface area contributed by atoms with Crippen LogP contribution in [-0.4, -0.2) is 22.6 Å². The van der Waals surface area contributed by atoms with Crippen LogP contribution in [0.4, 0.5) is 10.1 Å². The van der Waals surface area contributed by atoms with Crippen LogP contribution in [0.3, 0.4) is 0 Å². The molecule has 0 fully saturated rings. The Morgan fingerprint density at radius 2 is 1.68 bits per heavy atom. The second kappa shape index (κ2) is 8.30. The number of hydrogen-bond donors (Lipinski definition) is 3. The van der Waals surface area contributed by atoms with Crippen LogP contribution in [0.1, 0.15) is 23.7 Å². The van der Waals surface area contributed by atoms with Gasteiger partial charge in [0.2, 0.25) is 5.91 Å². The number of carbonyl (C=O) groups is 2. The van der Waals surface area contributed by atoms with Crippen molar-refractivity contribution in [3.05, 3.63) is 72.0 Å². The van der Waals surface area contributed by atoms with Crippen LogP contribution in [0.25, 0.3) is 10.8 Å². The second-order valence-corrected chi connectivity index (χ2v) is 6.24. The summed E-state index contributed by atoms with van der Waals surface area (Å²) in [6.45, 7) is 1.59. The number of hydrazone groups is 1. The molecule has 0 saturated carbocycles. The molecule has 2 amide bonds. The van der Waals surface area contributed by atoms with Gasteiger partial charge in [-0.1, -0.05) is 24.3 Å². The molecular formula is C21H18FN3O3. The van der Waals surface area contributed by atoms with Crippen molar-refractivity contribution in [3.63, 3.8) is 0 Å². The molecule has 0 radical (unpaired) electrons. The summed E-state index contributed by atoms with van der Waals surface area (Å²) < 4.78 is 12.9. The molecule has 0 atom stereocenters. The van der Waals surface area contributed by atoms with Gasteiger partial charge < -0.3 is 10.4 Å². The van der Waals surface area contributed by atoms with E-state index < -0.39 is 11.7 Å². The Balaban J connectivity index is 1.62. The number of phenols is 1. The molecule has 3 aromatic carbocycles. The third-order valence-electron chi connectivity index (χ3n) is 4.00. The van der Waals surface area contributed by atoms with Gasteiger partial charge in [-0.25, -0.2) is 9.82 Å². The molecular weight excluding hydrogens is 361 g/mol. The highest BCUT2D eigenvalue weighted by Crippen LogP contribution is 2.24. The van der Waals surface area contributed by atoms with Crippen molar-refractivity contribution in [2.75, 3.05) is 5.32 Å². The van der Waals surface area contributed by atoms with Gasteiger partial charge in [-0.15, -0.1) is 0 Å². The molecule has 0 saturated heterocycles. The summed E-state index contributed by atoms with van der Waals surface area (Å²) in [6, 6.07) is 15.8. The monoisotopic (exact) mass is 379 g/mol. The average molecular weight is 379 g/mol. The number of rotatable bonds is 5. The van der Waals surface area contributed by atoms with Crippen molar-refractivity contribution in [3.8, 4) is 5.75 Å². The maximum Gasteiger partial charge on any atom is 0.275 e. The molecule has 0 unspecified atom stereocenters. The van der Waals surface area contributed by atoms with Crippen molar-refractivity contribution in [1.29, 1.82) is 0 Å². The minimum absolute atomic E-state index is 0.0542. The topological polar surface area (TPSA) is 90.8 Å². The van der Waals surface area contributed by atoms with E-state index in [1.807, 2.05) is 24.3 Å². The Labute approximate surface area is 160 Å². The highest BCUT2D eigenvalue weighted by Gasteiger charge is 2.12. The smallest absolute Gasteiger partial charge is 0.275 e. The molecule has 0 aliphatic rings. The van der Waals surface area contributed by atoms with E-state index in [1.54, 1.807) is 13.0 Å². The van der Waals surface area contributed by atoms with Crippen LogP contribution in [-0.2, 0) is 4.79 Å². The summed E-state index contributed by atoms with van der Waals surface area (Å²) in [5.41, 5.74) is 3.26. The van der Waals surface area contributed by atoms with E-state index in [-0.39, 0.29) is 23.6 Å². The molecule has 3 N–H and O–H groups in total. The minimum Gasteiger partial charge on any atom is -0.507 e. The van der Waals surface area contributed by atoms with Crippen molar-refractivity contribution in [1.82, 2.24) is 5.43 Å². The van der Waals surface area contributed by atoms with Gasteiger partial charge in [0.1, 0.15) is 11.6 Å². The number of hydrogen-bond acceptors (Lipinski definition) is 4. The van der Waals surface area contributed by atoms with Crippen LogP contribution in [0.2, 0.25) is 0 Å². The van der Waals surface area contributed by atoms with Gasteiger partial charge in [-0.2, -0.15) is 5.10 Å². The molecule has 0 aliphatic heterocycles. The molecule has 3 aromatic rings. The number of nitrogens with zero attached hydrogens (tertiary/aromatic N) is 1. The summed E-state index contributed by atoms with van der Waals surface area (Å²) in [5.74, 6) is -1.48. The standard InChI is InChI=1S/C21H18FN3O3/c1-13(10-20(27)23-17-8-6-16(22)7-9-17)24-25-21(28)18-11-14-4-2-3-5-15(14)12-19(18)26/h2-9,11-12,26H,10H2,1H3,(H,23,27)(H,25,28). The number of benzene rings is 3. The Morgan fingerprint density at radius 3 is 2.36 bits per heavy atom. The number of amides is 2. The van der Waals surface area contributed by atoms with Crippen LogP contribution in [0, 0.1) is 5.82 Å². The average Bonchev–Trinajstić information content (AvgIpc) is 2.67. The first-order valence-corrected chi connectivity index (χ1v) is 8.53. The first-order valence-electron chi connectivity index (χ1n) is 8.53. The number of carbonyl (C=O) groups excluding carboxylic acids is 2. The number of halogens is 1. The molecule has 0 aromatic heterocycles. The first kappa shape index (κ1) is 19.0. The van der Waals surface area contributed by atoms with E-state index >= 15 is 0 Å². The fourth-order valence-corrected chi connectivity index (χ4v) is 2.63. The maximum absolute atomic E-state index is 12.9. The molecule has 6 nitrogen and oxygen atoms in total. The van der Waals surface area contributed by atoms with E-state index in [1.165, 1.54) is 30.3 Å². The third kappa shape index (κ3) is 4.70. The van der Waals surface area contributed by atoms with Gasteiger partial charge in [-0.05, 0) is 54.1 Å². The molecule has 7 heteroatoms. The molecule has 0 bridgehead atoms. The van der Waals surface area contributed by atoms with Crippen molar-refractivity contribution in [2.24, 2.45) is 5.10 Å². The molecule has 0 spiro atoms. The van der Waals surface area contributed by atoms with Crippen molar-refractivity contribution in [2.45, 2.75) is 13.3 Å². The Kier molecular flexibility index (Phi) is 5.64. The van der Waals surface area contributed by atoms with Crippen LogP contribution in [0.5, 0.6) is 5.75 Å². The summed E-state index contributed by atoms with van der Waals surface area (Å²) in [6.07, 6.45) is -0.0542. The van der Waals surface area contributed by atoms with Gasteiger partial charge in [-0.3, -0.25) is 9.59 Å². The second-order valence-electron chi connectivity index (χ2n) is 6.24. The van der Waals surface area contributed by atoms with Gasteiger partial charge in [0.25, 0.3) is 5.91 Å². The highest BCUT2D eigenvalue weighted by atomic mass is 19.1. The summed E-state index contributed by atoms with van der Waals surface area (Å²) in [7, 11) is 0. The maximum atomic E-state index is 12.9. The molecule has 0 heterocycles. The Bertz CT molecular complexity index is 1060. The number of aromatic hydroxyl groups is 1. The SMILES string of the molecule is CC(CC(=O)Nc1ccc(F)cc1)=NNC(=O)c1cc2ccccc2cc1O. The van der Waals surface area contributed by atoms with E-state index in [2.05, 4.69) is 15.8 Å². The fourth-order valence-electron chi connectivity index (χ4n) is 2.63. The van der Waals surface area contributed by atoms with Gasteiger partial charge >= 0.3 is 0 Å². The predicted octanol–water partition coefficient (Wildman–Crippen LogP) is 3.82. The lowest BCUT2D eigenvalue weighted by atomic mass is 10.1. The van der Waals surface area contributed by atoms with Crippen molar-refractivity contribution >= 4 is 34.0 Å². The molecule has 28 heavy (non-hydrogen) atoms. The van der Waals surface area contributed by atoms with Crippen LogP contribution < -0.4 is 10.7 Å². The summed E-state index contributed by atoms with van der Waals surface area (Å²) in [4.78, 5) is 24.3. The van der Waals surface area contributed by atoms with Crippen LogP contribution >= 0.6 is 0 Å². The summed E-state index contributed by atoms with van der Waals surface area (Å²) >= 11 is 0. The Hall–Kier alpha value is -3.74. The van der Waals surface area contributed by atoms with Gasteiger partial charge in [0.05, 0.1) is 12.0 Å². The first-order chi connectivity index (χ1) is 13.4. The molecule has 0 aliphatic carbocycles. The zero-order chi connectivity index (χ0) is 20.1. The quantitative estimate of drug-likeness (QED) is 0.465. The number of fused-ring (bicyclic) bond motifs is 1. The largest absolute Gasteiger partial charge is 0.507 e. The number of anilines is 1. The fraction of sp³-hybridized carbons (Fsp3) is 0.0952. The van der Waals surface area contributed by atoms with Crippen LogP contribution in [0.15, 0.2) is 65.8 Å². The van der Waals surface area contributed by atoms with Crippen molar-refractivity contribution < 1.29 is 19.1 Å². The zero-order valence-corrected chi connectivity index (χ0v) is 15.1. The third-order valence-corrected chi connectivity index (χ3v) is 4.00. The predicted molar refractivity (Wildman–Crippen MR) is 106 cm³/mol. The lowest BCUT2D eigenvalue weighted by Gasteiger charge is -2.07. The Morgan fingerprint density at radius 1 is 1.04 bits per heavy atom. The van der Waals surface area contributed by atoms with Gasteiger partial charge in [0.15, 0.2) is 0 Å². The summed E-state index contributed by atoms with van der Waals surface area (Å²) in [5, 5.41) is 18.2. The number of nitrogens with one attached hydrogen (secondary N) is 2. The lowest BCUT2D eigenvalue weighted by Crippen LogP contribution is -2.21. The van der Waals surface area contributed by atoms with E-state index in [9.17, 15) is 19.1 Å². The highest BCUT2D eigenvalue weighted by molar-refractivity contribution is 6.06. The molecule has 3 rings (SSSR count). The number of phenolic OH excluding ortho intramolecular Hbond substituents is 1. The lowest BCUT2D eigenvalue weighted by molar-refractivity contribution is -0.115. The van der Waals surface area contributed by atoms with Gasteiger partial charge in [0, 0.05) is 11.4 Å².